The van der Waals surface area contributed by atoms with Crippen LogP contribution in [0, 0.1) is 11.3 Å². The number of nitrogens with zero attached hydrogens (tertiary/aromatic N) is 2. The van der Waals surface area contributed by atoms with Crippen LogP contribution in [-0.2, 0) is 6.18 Å². The molecule has 5 heteroatoms. The van der Waals surface area contributed by atoms with Gasteiger partial charge < -0.3 is 0 Å². The van der Waals surface area contributed by atoms with Gasteiger partial charge in [-0.15, -0.1) is 0 Å². The number of nitriles is 1. The molecule has 0 bridgehead atoms. The molecule has 1 aromatic heterocycles. The molecular formula is C17H9F3N2. The van der Waals surface area contributed by atoms with E-state index >= 15 is 0 Å². The van der Waals surface area contributed by atoms with E-state index in [4.69, 9.17) is 5.26 Å². The van der Waals surface area contributed by atoms with E-state index in [-0.39, 0.29) is 5.69 Å². The van der Waals surface area contributed by atoms with Crippen LogP contribution in [0.3, 0.4) is 0 Å². The maximum Gasteiger partial charge on any atom is 0.416 e. The summed E-state index contributed by atoms with van der Waals surface area (Å²) in [6.45, 7) is 0. The van der Waals surface area contributed by atoms with Crippen molar-refractivity contribution in [2.24, 2.45) is 0 Å². The Morgan fingerprint density at radius 3 is 2.27 bits per heavy atom. The molecule has 3 rings (SSSR count). The molecule has 0 aliphatic heterocycles. The zero-order valence-electron chi connectivity index (χ0n) is 11.2. The smallest absolute Gasteiger partial charge is 0.236 e. The van der Waals surface area contributed by atoms with E-state index in [1.54, 1.807) is 6.07 Å². The fraction of sp³-hybridized carbons (Fsp3) is 0.0588. The first-order valence-corrected chi connectivity index (χ1v) is 6.46. The molecule has 0 N–H and O–H groups in total. The second-order valence-electron chi connectivity index (χ2n) is 4.76. The summed E-state index contributed by atoms with van der Waals surface area (Å²) in [6.07, 6.45) is -4.37. The number of alkyl halides is 3. The monoisotopic (exact) mass is 298 g/mol. The van der Waals surface area contributed by atoms with Crippen LogP contribution in [0.4, 0.5) is 13.2 Å². The molecule has 0 atom stereocenters. The highest BCUT2D eigenvalue weighted by molar-refractivity contribution is 5.95. The first-order chi connectivity index (χ1) is 10.5. The summed E-state index contributed by atoms with van der Waals surface area (Å²) in [5.41, 5.74) is 0.565. The summed E-state index contributed by atoms with van der Waals surface area (Å²) < 4.78 is 37.9. The van der Waals surface area contributed by atoms with Crippen LogP contribution >= 0.6 is 0 Å². The Morgan fingerprint density at radius 1 is 0.955 bits per heavy atom. The summed E-state index contributed by atoms with van der Waals surface area (Å²) in [7, 11) is 0. The van der Waals surface area contributed by atoms with Crippen molar-refractivity contribution in [3.63, 3.8) is 0 Å². The first-order valence-electron chi connectivity index (χ1n) is 6.46. The van der Waals surface area contributed by atoms with Gasteiger partial charge in [0.05, 0.1) is 11.3 Å². The fourth-order valence-corrected chi connectivity index (χ4v) is 2.29. The van der Waals surface area contributed by atoms with Gasteiger partial charge in [-0.1, -0.05) is 36.4 Å². The Morgan fingerprint density at radius 2 is 1.64 bits per heavy atom. The van der Waals surface area contributed by atoms with Crippen molar-refractivity contribution >= 4 is 10.8 Å². The lowest BCUT2D eigenvalue weighted by atomic mass is 10.0. The molecule has 0 fully saturated rings. The number of aromatic nitrogens is 1. The number of halogens is 3. The van der Waals surface area contributed by atoms with Crippen LogP contribution in [0.2, 0.25) is 0 Å². The number of fused-ring (bicyclic) bond motifs is 1. The largest absolute Gasteiger partial charge is 0.416 e. The van der Waals surface area contributed by atoms with Gasteiger partial charge in [0.2, 0.25) is 0 Å². The molecule has 0 amide bonds. The van der Waals surface area contributed by atoms with Gasteiger partial charge in [-0.05, 0) is 23.6 Å². The second-order valence-corrected chi connectivity index (χ2v) is 4.76. The minimum absolute atomic E-state index is 0.230. The summed E-state index contributed by atoms with van der Waals surface area (Å²) >= 11 is 0. The third kappa shape index (κ3) is 2.51. The topological polar surface area (TPSA) is 36.7 Å². The Labute approximate surface area is 124 Å². The Balaban J connectivity index is 2.19. The van der Waals surface area contributed by atoms with Crippen LogP contribution < -0.4 is 0 Å². The molecule has 0 radical (unpaired) electrons. The molecule has 0 spiro atoms. The minimum Gasteiger partial charge on any atom is -0.236 e. The molecule has 22 heavy (non-hydrogen) atoms. The third-order valence-electron chi connectivity index (χ3n) is 3.34. The molecule has 3 aromatic rings. The molecule has 0 aliphatic rings. The number of rotatable bonds is 1. The molecular weight excluding hydrogens is 289 g/mol. The van der Waals surface area contributed by atoms with Gasteiger partial charge in [0.25, 0.3) is 0 Å². The van der Waals surface area contributed by atoms with Gasteiger partial charge in [0.15, 0.2) is 0 Å². The Bertz CT molecular complexity index is 875. The van der Waals surface area contributed by atoms with Crippen LogP contribution in [0.1, 0.15) is 11.3 Å². The zero-order chi connectivity index (χ0) is 15.7. The predicted octanol–water partition coefficient (Wildman–Crippen LogP) is 4.79. The average Bonchev–Trinajstić information content (AvgIpc) is 2.53. The lowest BCUT2D eigenvalue weighted by molar-refractivity contribution is -0.137. The van der Waals surface area contributed by atoms with Gasteiger partial charge in [-0.3, -0.25) is 0 Å². The summed E-state index contributed by atoms with van der Waals surface area (Å²) in [5, 5.41) is 10.7. The average molecular weight is 298 g/mol. The lowest BCUT2D eigenvalue weighted by Gasteiger charge is -2.09. The molecule has 0 aliphatic carbocycles. The van der Waals surface area contributed by atoms with E-state index in [1.807, 2.05) is 30.3 Å². The minimum atomic E-state index is -4.37. The van der Waals surface area contributed by atoms with Gasteiger partial charge in [-0.2, -0.15) is 18.4 Å². The summed E-state index contributed by atoms with van der Waals surface area (Å²) in [6, 6.07) is 15.7. The van der Waals surface area contributed by atoms with E-state index in [1.165, 1.54) is 12.1 Å². The van der Waals surface area contributed by atoms with Crippen molar-refractivity contribution in [3.05, 3.63) is 65.9 Å². The van der Waals surface area contributed by atoms with Crippen molar-refractivity contribution in [2.75, 3.05) is 0 Å². The molecule has 2 aromatic carbocycles. The van der Waals surface area contributed by atoms with Gasteiger partial charge in [-0.25, -0.2) is 4.98 Å². The highest BCUT2D eigenvalue weighted by atomic mass is 19.4. The van der Waals surface area contributed by atoms with E-state index in [9.17, 15) is 13.2 Å². The molecule has 0 saturated heterocycles. The van der Waals surface area contributed by atoms with Crippen molar-refractivity contribution in [2.45, 2.75) is 6.18 Å². The third-order valence-corrected chi connectivity index (χ3v) is 3.34. The number of hydrogen-bond acceptors (Lipinski definition) is 2. The molecule has 0 unspecified atom stereocenters. The van der Waals surface area contributed by atoms with E-state index in [2.05, 4.69) is 4.98 Å². The van der Waals surface area contributed by atoms with E-state index < -0.39 is 11.7 Å². The second kappa shape index (κ2) is 5.15. The predicted molar refractivity (Wildman–Crippen MR) is 76.9 cm³/mol. The summed E-state index contributed by atoms with van der Waals surface area (Å²) in [5.74, 6) is 0. The molecule has 0 saturated carbocycles. The lowest BCUT2D eigenvalue weighted by Crippen LogP contribution is -2.04. The SMILES string of the molecule is N#Cc1cc2ccccc2c(-c2ccc(C(F)(F)F)cc2)n1. The number of pyridine rings is 1. The van der Waals surface area contributed by atoms with E-state index in [0.717, 1.165) is 22.9 Å². The highest BCUT2D eigenvalue weighted by Crippen LogP contribution is 2.32. The zero-order valence-corrected chi connectivity index (χ0v) is 11.2. The van der Waals surface area contributed by atoms with Crippen molar-refractivity contribution in [1.29, 1.82) is 5.26 Å². The quantitative estimate of drug-likeness (QED) is 0.647. The van der Waals surface area contributed by atoms with Crippen molar-refractivity contribution in [3.8, 4) is 17.3 Å². The van der Waals surface area contributed by atoms with Crippen molar-refractivity contribution in [1.82, 2.24) is 4.98 Å². The normalized spacial score (nSPS) is 11.4. The van der Waals surface area contributed by atoms with Gasteiger partial charge in [0, 0.05) is 10.9 Å². The Kier molecular flexibility index (Phi) is 3.30. The van der Waals surface area contributed by atoms with Crippen LogP contribution in [0.5, 0.6) is 0 Å². The Hall–Kier alpha value is -2.87. The number of benzene rings is 2. The first kappa shape index (κ1) is 14.1. The molecule has 108 valence electrons. The van der Waals surface area contributed by atoms with Crippen LogP contribution in [0.25, 0.3) is 22.0 Å². The van der Waals surface area contributed by atoms with Crippen molar-refractivity contribution < 1.29 is 13.2 Å². The van der Waals surface area contributed by atoms with Gasteiger partial charge in [0.1, 0.15) is 11.8 Å². The number of hydrogen-bond donors (Lipinski definition) is 0. The maximum atomic E-state index is 12.6. The molecule has 1 heterocycles. The maximum absolute atomic E-state index is 12.6. The standard InChI is InChI=1S/C17H9F3N2/c18-17(19,20)13-7-5-11(6-8-13)16-15-4-2-1-3-12(15)9-14(10-21)22-16/h1-9H. The molecule has 2 nitrogen and oxygen atoms in total. The van der Waals surface area contributed by atoms with E-state index in [0.29, 0.717) is 11.3 Å². The van der Waals surface area contributed by atoms with Gasteiger partial charge >= 0.3 is 6.18 Å². The fourth-order valence-electron chi connectivity index (χ4n) is 2.29. The highest BCUT2D eigenvalue weighted by Gasteiger charge is 2.30. The van der Waals surface area contributed by atoms with Crippen LogP contribution in [0.15, 0.2) is 54.6 Å². The van der Waals surface area contributed by atoms with Crippen LogP contribution in [-0.4, -0.2) is 4.98 Å². The summed E-state index contributed by atoms with van der Waals surface area (Å²) in [4.78, 5) is 4.24.